The van der Waals surface area contributed by atoms with E-state index in [1.807, 2.05) is 45.0 Å². The van der Waals surface area contributed by atoms with Crippen LogP contribution in [0.25, 0.3) is 0 Å². The molecular weight excluding hydrogens is 388 g/mol. The molecule has 6 nitrogen and oxygen atoms in total. The van der Waals surface area contributed by atoms with Crippen molar-refractivity contribution < 1.29 is 17.9 Å². The first-order valence-corrected chi connectivity index (χ1v) is 11.5. The molecule has 7 heteroatoms. The average molecular weight is 419 g/mol. The first kappa shape index (κ1) is 22.7. The second kappa shape index (κ2) is 9.78. The number of hydrogen-bond donors (Lipinski definition) is 1. The number of carbonyl (C=O) groups is 1. The zero-order valence-electron chi connectivity index (χ0n) is 17.7. The minimum Gasteiger partial charge on any atom is -0.491 e. The molecule has 2 rings (SSSR count). The summed E-state index contributed by atoms with van der Waals surface area (Å²) in [5.41, 5.74) is 3.61. The highest BCUT2D eigenvalue weighted by Crippen LogP contribution is 2.23. The summed E-state index contributed by atoms with van der Waals surface area (Å²) in [5.74, 6) is 0.438. The van der Waals surface area contributed by atoms with Crippen LogP contribution < -0.4 is 14.4 Å². The first-order chi connectivity index (χ1) is 13.6. The van der Waals surface area contributed by atoms with Gasteiger partial charge in [0.15, 0.2) is 0 Å². The second-order valence-corrected chi connectivity index (χ2v) is 9.02. The van der Waals surface area contributed by atoms with Crippen LogP contribution in [0.1, 0.15) is 30.0 Å². The number of nitrogens with one attached hydrogen (secondary N) is 1. The summed E-state index contributed by atoms with van der Waals surface area (Å²) in [7, 11) is -3.63. The van der Waals surface area contributed by atoms with Gasteiger partial charge in [0.05, 0.1) is 18.5 Å². The van der Waals surface area contributed by atoms with Crippen molar-refractivity contribution in [1.82, 2.24) is 5.32 Å². The molecule has 0 aliphatic carbocycles. The zero-order chi connectivity index (χ0) is 21.6. The lowest BCUT2D eigenvalue weighted by Crippen LogP contribution is -2.50. The predicted octanol–water partition coefficient (Wildman–Crippen LogP) is 3.35. The van der Waals surface area contributed by atoms with Crippen LogP contribution >= 0.6 is 0 Å². The number of sulfonamides is 1. The quantitative estimate of drug-likeness (QED) is 0.634. The topological polar surface area (TPSA) is 75.7 Å². The number of hydrogen-bond acceptors (Lipinski definition) is 4. The molecule has 0 radical (unpaired) electrons. The molecule has 0 aromatic heterocycles. The Labute approximate surface area is 173 Å². The van der Waals surface area contributed by atoms with E-state index in [-0.39, 0.29) is 12.5 Å². The van der Waals surface area contributed by atoms with Crippen molar-refractivity contribution in [2.75, 3.05) is 23.7 Å². The number of amides is 1. The van der Waals surface area contributed by atoms with Crippen molar-refractivity contribution in [2.24, 2.45) is 0 Å². The lowest BCUT2D eigenvalue weighted by molar-refractivity contribution is -0.122. The SMILES string of the molecule is CC[C@@H](C(=O)NCCOc1cccc(C)c1C)N(c1cccc(C)c1)S(C)(=O)=O. The van der Waals surface area contributed by atoms with Crippen LogP contribution in [-0.4, -0.2) is 39.8 Å². The molecule has 0 aliphatic rings. The third-order valence-corrected chi connectivity index (χ3v) is 5.98. The van der Waals surface area contributed by atoms with E-state index in [0.717, 1.165) is 28.7 Å². The molecule has 0 saturated carbocycles. The van der Waals surface area contributed by atoms with Gasteiger partial charge in [0.1, 0.15) is 18.4 Å². The second-order valence-electron chi connectivity index (χ2n) is 7.16. The van der Waals surface area contributed by atoms with Crippen molar-refractivity contribution in [3.63, 3.8) is 0 Å². The maximum Gasteiger partial charge on any atom is 0.244 e. The van der Waals surface area contributed by atoms with Crippen molar-refractivity contribution in [3.05, 3.63) is 59.2 Å². The Kier molecular flexibility index (Phi) is 7.67. The summed E-state index contributed by atoms with van der Waals surface area (Å²) in [6.45, 7) is 8.27. The van der Waals surface area contributed by atoms with Crippen molar-refractivity contribution in [3.8, 4) is 5.75 Å². The molecule has 0 unspecified atom stereocenters. The summed E-state index contributed by atoms with van der Waals surface area (Å²) in [6, 6.07) is 12.1. The van der Waals surface area contributed by atoms with E-state index in [4.69, 9.17) is 4.74 Å². The Morgan fingerprint density at radius 1 is 1.14 bits per heavy atom. The van der Waals surface area contributed by atoms with Crippen LogP contribution in [0.2, 0.25) is 0 Å². The predicted molar refractivity (Wildman–Crippen MR) is 117 cm³/mol. The number of ether oxygens (including phenoxy) is 1. The number of aryl methyl sites for hydroxylation is 2. The summed E-state index contributed by atoms with van der Waals surface area (Å²) in [5, 5.41) is 2.80. The summed E-state index contributed by atoms with van der Waals surface area (Å²) >= 11 is 0. The molecule has 0 saturated heterocycles. The van der Waals surface area contributed by atoms with Gasteiger partial charge in [0, 0.05) is 0 Å². The minimum absolute atomic E-state index is 0.286. The van der Waals surface area contributed by atoms with Gasteiger partial charge in [-0.1, -0.05) is 31.2 Å². The molecule has 2 aromatic carbocycles. The zero-order valence-corrected chi connectivity index (χ0v) is 18.5. The van der Waals surface area contributed by atoms with Crippen molar-refractivity contribution >= 4 is 21.6 Å². The van der Waals surface area contributed by atoms with Gasteiger partial charge >= 0.3 is 0 Å². The van der Waals surface area contributed by atoms with Crippen molar-refractivity contribution in [2.45, 2.75) is 40.2 Å². The normalized spacial score (nSPS) is 12.3. The molecule has 1 atom stereocenters. The van der Waals surface area contributed by atoms with Gasteiger partial charge in [-0.05, 0) is 62.1 Å². The molecule has 0 heterocycles. The number of rotatable bonds is 9. The van der Waals surface area contributed by atoms with Gasteiger partial charge in [-0.3, -0.25) is 9.10 Å². The Morgan fingerprint density at radius 2 is 1.83 bits per heavy atom. The van der Waals surface area contributed by atoms with Crippen LogP contribution in [0.4, 0.5) is 5.69 Å². The molecule has 158 valence electrons. The maximum atomic E-state index is 12.8. The molecule has 0 aliphatic heterocycles. The smallest absolute Gasteiger partial charge is 0.244 e. The molecular formula is C22H30N2O4S. The van der Waals surface area contributed by atoms with Crippen molar-refractivity contribution in [1.29, 1.82) is 0 Å². The van der Waals surface area contributed by atoms with E-state index >= 15 is 0 Å². The number of carbonyl (C=O) groups excluding carboxylic acids is 1. The molecule has 29 heavy (non-hydrogen) atoms. The molecule has 0 bridgehead atoms. The van der Waals surface area contributed by atoms with E-state index in [9.17, 15) is 13.2 Å². The van der Waals surface area contributed by atoms with Crippen LogP contribution in [0.5, 0.6) is 5.75 Å². The van der Waals surface area contributed by atoms with E-state index in [1.54, 1.807) is 25.1 Å². The Morgan fingerprint density at radius 3 is 2.45 bits per heavy atom. The lowest BCUT2D eigenvalue weighted by Gasteiger charge is -2.30. The number of nitrogens with zero attached hydrogens (tertiary/aromatic N) is 1. The fourth-order valence-corrected chi connectivity index (χ4v) is 4.36. The summed E-state index contributed by atoms with van der Waals surface area (Å²) < 4.78 is 31.9. The van der Waals surface area contributed by atoms with Gasteiger partial charge in [-0.25, -0.2) is 8.42 Å². The molecule has 1 N–H and O–H groups in total. The highest BCUT2D eigenvalue weighted by Gasteiger charge is 2.31. The fourth-order valence-electron chi connectivity index (χ4n) is 3.16. The van der Waals surface area contributed by atoms with Crippen LogP contribution in [0.15, 0.2) is 42.5 Å². The summed E-state index contributed by atoms with van der Waals surface area (Å²) in [6.07, 6.45) is 1.47. The first-order valence-electron chi connectivity index (χ1n) is 9.68. The van der Waals surface area contributed by atoms with E-state index < -0.39 is 16.1 Å². The highest BCUT2D eigenvalue weighted by molar-refractivity contribution is 7.92. The van der Waals surface area contributed by atoms with E-state index in [1.165, 1.54) is 4.31 Å². The van der Waals surface area contributed by atoms with Gasteiger partial charge in [0.2, 0.25) is 15.9 Å². The largest absolute Gasteiger partial charge is 0.491 e. The Hall–Kier alpha value is -2.54. The third-order valence-electron chi connectivity index (χ3n) is 4.80. The van der Waals surface area contributed by atoms with Gasteiger partial charge < -0.3 is 10.1 Å². The lowest BCUT2D eigenvalue weighted by atomic mass is 10.1. The van der Waals surface area contributed by atoms with Gasteiger partial charge in [-0.15, -0.1) is 0 Å². The Balaban J connectivity index is 2.06. The van der Waals surface area contributed by atoms with Crippen LogP contribution in [0.3, 0.4) is 0 Å². The van der Waals surface area contributed by atoms with Crippen LogP contribution in [0, 0.1) is 20.8 Å². The summed E-state index contributed by atoms with van der Waals surface area (Å²) in [4.78, 5) is 12.8. The number of anilines is 1. The average Bonchev–Trinajstić information content (AvgIpc) is 2.65. The standard InChI is InChI=1S/C22H30N2O4S/c1-6-20(24(29(5,26)27)19-11-7-9-16(2)15-19)22(25)23-13-14-28-21-12-8-10-17(3)18(21)4/h7-12,15,20H,6,13-14H2,1-5H3,(H,23,25)/t20-/m0/s1. The molecule has 0 fully saturated rings. The molecule has 1 amide bonds. The third kappa shape index (κ3) is 5.97. The van der Waals surface area contributed by atoms with Crippen LogP contribution in [-0.2, 0) is 14.8 Å². The fraction of sp³-hybridized carbons (Fsp3) is 0.409. The van der Waals surface area contributed by atoms with Gasteiger partial charge in [0.25, 0.3) is 0 Å². The Bertz CT molecular complexity index is 957. The highest BCUT2D eigenvalue weighted by atomic mass is 32.2. The van der Waals surface area contributed by atoms with Gasteiger partial charge in [-0.2, -0.15) is 0 Å². The van der Waals surface area contributed by atoms with E-state index in [2.05, 4.69) is 5.32 Å². The minimum atomic E-state index is -3.63. The van der Waals surface area contributed by atoms with E-state index in [0.29, 0.717) is 18.7 Å². The number of benzene rings is 2. The maximum absolute atomic E-state index is 12.8. The molecule has 2 aromatic rings. The molecule has 0 spiro atoms. The monoisotopic (exact) mass is 418 g/mol.